The summed E-state index contributed by atoms with van der Waals surface area (Å²) < 4.78 is 0. The molecule has 2 aromatic rings. The van der Waals surface area contributed by atoms with Gasteiger partial charge in [0, 0.05) is 6.20 Å². The standard InChI is InChI=1S/C15H14N4O2/c20-14(19-18-10-12-6-2-1-3-7-12)11-17-15(21)13-8-4-5-9-16-13/h1-10H,11H2,(H,17,21)(H,19,20)/b18-10-. The Balaban J connectivity index is 1.75. The van der Waals surface area contributed by atoms with Crippen LogP contribution in [0.3, 0.4) is 0 Å². The Morgan fingerprint density at radius 3 is 2.57 bits per heavy atom. The number of nitrogens with zero attached hydrogens (tertiary/aromatic N) is 2. The lowest BCUT2D eigenvalue weighted by Gasteiger charge is -2.03. The van der Waals surface area contributed by atoms with Gasteiger partial charge in [-0.15, -0.1) is 0 Å². The number of amides is 2. The van der Waals surface area contributed by atoms with Crippen molar-refractivity contribution in [1.29, 1.82) is 0 Å². The zero-order chi connectivity index (χ0) is 14.9. The molecule has 0 saturated carbocycles. The fourth-order valence-corrected chi connectivity index (χ4v) is 1.51. The minimum absolute atomic E-state index is 0.165. The molecule has 106 valence electrons. The number of hydrazone groups is 1. The average Bonchev–Trinajstić information content (AvgIpc) is 2.54. The number of carbonyl (C=O) groups is 2. The van der Waals surface area contributed by atoms with Gasteiger partial charge in [0.15, 0.2) is 0 Å². The molecule has 6 nitrogen and oxygen atoms in total. The van der Waals surface area contributed by atoms with E-state index in [4.69, 9.17) is 0 Å². The van der Waals surface area contributed by atoms with Crippen LogP contribution in [0.2, 0.25) is 0 Å². The van der Waals surface area contributed by atoms with Crippen molar-refractivity contribution in [2.45, 2.75) is 0 Å². The molecule has 0 atom stereocenters. The second-order valence-corrected chi connectivity index (χ2v) is 4.10. The number of hydrogen-bond donors (Lipinski definition) is 2. The molecule has 0 aliphatic carbocycles. The molecular formula is C15H14N4O2. The van der Waals surface area contributed by atoms with Crippen molar-refractivity contribution in [1.82, 2.24) is 15.7 Å². The van der Waals surface area contributed by atoms with E-state index >= 15 is 0 Å². The van der Waals surface area contributed by atoms with Crippen LogP contribution in [0.4, 0.5) is 0 Å². The molecule has 0 aliphatic rings. The number of hydrogen-bond acceptors (Lipinski definition) is 4. The molecule has 0 fully saturated rings. The van der Waals surface area contributed by atoms with Crippen LogP contribution in [0, 0.1) is 0 Å². The van der Waals surface area contributed by atoms with Crippen molar-refractivity contribution in [3.05, 3.63) is 66.0 Å². The van der Waals surface area contributed by atoms with E-state index in [9.17, 15) is 9.59 Å². The van der Waals surface area contributed by atoms with E-state index in [1.807, 2.05) is 30.3 Å². The third kappa shape index (κ3) is 4.87. The molecule has 0 spiro atoms. The van der Waals surface area contributed by atoms with Crippen LogP contribution in [0.1, 0.15) is 16.1 Å². The van der Waals surface area contributed by atoms with E-state index in [0.29, 0.717) is 0 Å². The zero-order valence-corrected chi connectivity index (χ0v) is 11.2. The highest BCUT2D eigenvalue weighted by atomic mass is 16.2. The van der Waals surface area contributed by atoms with Gasteiger partial charge >= 0.3 is 0 Å². The highest BCUT2D eigenvalue weighted by Gasteiger charge is 2.07. The van der Waals surface area contributed by atoms with Gasteiger partial charge in [0.1, 0.15) is 5.69 Å². The molecule has 2 amide bonds. The quantitative estimate of drug-likeness (QED) is 0.633. The Morgan fingerprint density at radius 1 is 1.10 bits per heavy atom. The minimum Gasteiger partial charge on any atom is -0.342 e. The molecule has 0 aliphatic heterocycles. The molecule has 2 N–H and O–H groups in total. The van der Waals surface area contributed by atoms with Gasteiger partial charge in [0.2, 0.25) is 0 Å². The first-order chi connectivity index (χ1) is 10.3. The maximum atomic E-state index is 11.7. The maximum Gasteiger partial charge on any atom is 0.270 e. The van der Waals surface area contributed by atoms with Gasteiger partial charge in [-0.25, -0.2) is 5.43 Å². The van der Waals surface area contributed by atoms with Crippen LogP contribution >= 0.6 is 0 Å². The first kappa shape index (κ1) is 14.4. The van der Waals surface area contributed by atoms with Gasteiger partial charge in [-0.2, -0.15) is 5.10 Å². The van der Waals surface area contributed by atoms with Crippen molar-refractivity contribution >= 4 is 18.0 Å². The predicted molar refractivity (Wildman–Crippen MR) is 78.7 cm³/mol. The summed E-state index contributed by atoms with van der Waals surface area (Å²) in [5.41, 5.74) is 3.47. The third-order valence-corrected chi connectivity index (χ3v) is 2.51. The fraction of sp³-hybridized carbons (Fsp3) is 0.0667. The molecule has 0 unspecified atom stereocenters. The van der Waals surface area contributed by atoms with E-state index < -0.39 is 11.8 Å². The van der Waals surface area contributed by atoms with Crippen molar-refractivity contribution in [2.75, 3.05) is 6.54 Å². The largest absolute Gasteiger partial charge is 0.342 e. The highest BCUT2D eigenvalue weighted by molar-refractivity contribution is 5.94. The SMILES string of the molecule is O=C(CNC(=O)c1ccccn1)N/N=C\c1ccccc1. The van der Waals surface area contributed by atoms with E-state index in [1.165, 1.54) is 12.4 Å². The average molecular weight is 282 g/mol. The zero-order valence-electron chi connectivity index (χ0n) is 11.2. The maximum absolute atomic E-state index is 11.7. The van der Waals surface area contributed by atoms with Gasteiger partial charge in [-0.1, -0.05) is 36.4 Å². The first-order valence-electron chi connectivity index (χ1n) is 6.32. The summed E-state index contributed by atoms with van der Waals surface area (Å²) in [5.74, 6) is -0.816. The molecule has 1 aromatic heterocycles. The molecule has 0 radical (unpaired) electrons. The Labute approximate surface area is 121 Å². The van der Waals surface area contributed by atoms with Crippen molar-refractivity contribution in [2.24, 2.45) is 5.10 Å². The van der Waals surface area contributed by atoms with Gasteiger partial charge in [-0.05, 0) is 17.7 Å². The molecule has 1 heterocycles. The van der Waals surface area contributed by atoms with E-state index in [1.54, 1.807) is 18.2 Å². The lowest BCUT2D eigenvalue weighted by atomic mass is 10.2. The molecule has 2 rings (SSSR count). The van der Waals surface area contributed by atoms with E-state index in [2.05, 4.69) is 20.8 Å². The Kier molecular flexibility index (Phi) is 5.17. The molecule has 6 heteroatoms. The van der Waals surface area contributed by atoms with E-state index in [0.717, 1.165) is 5.56 Å². The second-order valence-electron chi connectivity index (χ2n) is 4.10. The summed E-state index contributed by atoms with van der Waals surface area (Å²) in [5, 5.41) is 6.26. The topological polar surface area (TPSA) is 83.5 Å². The number of carbonyl (C=O) groups excluding carboxylic acids is 2. The Bertz CT molecular complexity index is 627. The number of nitrogens with one attached hydrogen (secondary N) is 2. The molecular weight excluding hydrogens is 268 g/mol. The smallest absolute Gasteiger partial charge is 0.270 e. The summed E-state index contributed by atoms with van der Waals surface area (Å²) in [7, 11) is 0. The summed E-state index contributed by atoms with van der Waals surface area (Å²) >= 11 is 0. The van der Waals surface area contributed by atoms with Crippen molar-refractivity contribution < 1.29 is 9.59 Å². The number of aromatic nitrogens is 1. The third-order valence-electron chi connectivity index (χ3n) is 2.51. The fourth-order valence-electron chi connectivity index (χ4n) is 1.51. The second kappa shape index (κ2) is 7.54. The van der Waals surface area contributed by atoms with Crippen molar-refractivity contribution in [3.63, 3.8) is 0 Å². The monoisotopic (exact) mass is 282 g/mol. The van der Waals surface area contributed by atoms with Gasteiger partial charge < -0.3 is 5.32 Å². The summed E-state index contributed by atoms with van der Waals surface area (Å²) in [6, 6.07) is 14.3. The molecule has 0 bridgehead atoms. The normalized spacial score (nSPS) is 10.3. The van der Waals surface area contributed by atoms with Crippen molar-refractivity contribution in [3.8, 4) is 0 Å². The van der Waals surface area contributed by atoms with Gasteiger partial charge in [-0.3, -0.25) is 14.6 Å². The Hall–Kier alpha value is -3.02. The first-order valence-corrected chi connectivity index (χ1v) is 6.32. The van der Waals surface area contributed by atoms with Crippen LogP contribution in [0.25, 0.3) is 0 Å². The Morgan fingerprint density at radius 2 is 1.86 bits per heavy atom. The summed E-state index contributed by atoms with van der Waals surface area (Å²) in [4.78, 5) is 27.0. The number of pyridine rings is 1. The summed E-state index contributed by atoms with van der Waals surface area (Å²) in [6.07, 6.45) is 3.04. The van der Waals surface area contributed by atoms with Crippen LogP contribution in [-0.2, 0) is 4.79 Å². The molecule has 21 heavy (non-hydrogen) atoms. The van der Waals surface area contributed by atoms with E-state index in [-0.39, 0.29) is 12.2 Å². The summed E-state index contributed by atoms with van der Waals surface area (Å²) in [6.45, 7) is -0.165. The van der Waals surface area contributed by atoms with Crippen LogP contribution < -0.4 is 10.7 Å². The van der Waals surface area contributed by atoms with Crippen LogP contribution in [-0.4, -0.2) is 29.6 Å². The molecule has 1 aromatic carbocycles. The molecule has 0 saturated heterocycles. The highest BCUT2D eigenvalue weighted by Crippen LogP contribution is 1.93. The number of benzene rings is 1. The lowest BCUT2D eigenvalue weighted by Crippen LogP contribution is -2.35. The minimum atomic E-state index is -0.411. The number of rotatable bonds is 5. The van der Waals surface area contributed by atoms with Crippen LogP contribution in [0.5, 0.6) is 0 Å². The predicted octanol–water partition coefficient (Wildman–Crippen LogP) is 0.962. The van der Waals surface area contributed by atoms with Gasteiger partial charge in [0.05, 0.1) is 12.8 Å². The van der Waals surface area contributed by atoms with Crippen LogP contribution in [0.15, 0.2) is 59.8 Å². The lowest BCUT2D eigenvalue weighted by molar-refractivity contribution is -0.120. The van der Waals surface area contributed by atoms with Gasteiger partial charge in [0.25, 0.3) is 11.8 Å².